The first-order valence-electron chi connectivity index (χ1n) is 8.43. The molecule has 1 aliphatic heterocycles. The molecule has 2 N–H and O–H groups in total. The van der Waals surface area contributed by atoms with Crippen molar-refractivity contribution in [2.75, 3.05) is 45.2 Å². The molecule has 2 rings (SSSR count). The molecule has 1 saturated heterocycles. The molecule has 0 bridgehead atoms. The van der Waals surface area contributed by atoms with Crippen LogP contribution in [0.2, 0.25) is 0 Å². The van der Waals surface area contributed by atoms with Gasteiger partial charge in [0.05, 0.1) is 17.9 Å². The average molecular weight is 344 g/mol. The summed E-state index contributed by atoms with van der Waals surface area (Å²) in [6.45, 7) is 4.10. The van der Waals surface area contributed by atoms with E-state index in [0.29, 0.717) is 23.7 Å². The van der Waals surface area contributed by atoms with Crippen molar-refractivity contribution in [2.45, 2.75) is 12.8 Å². The highest BCUT2D eigenvalue weighted by molar-refractivity contribution is 6.39. The summed E-state index contributed by atoms with van der Waals surface area (Å²) in [5, 5.41) is 14.2. The quantitative estimate of drug-likeness (QED) is 0.750. The fraction of sp³-hybridized carbons (Fsp3) is 0.500. The number of para-hydroxylation sites is 1. The van der Waals surface area contributed by atoms with Crippen molar-refractivity contribution in [1.29, 1.82) is 5.26 Å². The van der Waals surface area contributed by atoms with Gasteiger partial charge in [-0.1, -0.05) is 12.1 Å². The van der Waals surface area contributed by atoms with Gasteiger partial charge in [0, 0.05) is 20.2 Å². The van der Waals surface area contributed by atoms with E-state index in [4.69, 9.17) is 10.00 Å². The van der Waals surface area contributed by atoms with Gasteiger partial charge in [0.25, 0.3) is 0 Å². The first-order valence-corrected chi connectivity index (χ1v) is 8.43. The van der Waals surface area contributed by atoms with Gasteiger partial charge in [-0.3, -0.25) is 9.59 Å². The molecule has 25 heavy (non-hydrogen) atoms. The molecule has 0 spiro atoms. The lowest BCUT2D eigenvalue weighted by Gasteiger charge is -2.31. The summed E-state index contributed by atoms with van der Waals surface area (Å²) in [5.74, 6) is -1.04. The van der Waals surface area contributed by atoms with Gasteiger partial charge >= 0.3 is 11.8 Å². The summed E-state index contributed by atoms with van der Waals surface area (Å²) in [5.41, 5.74) is 0.670. The zero-order valence-electron chi connectivity index (χ0n) is 14.5. The maximum Gasteiger partial charge on any atom is 0.313 e. The fourth-order valence-electron chi connectivity index (χ4n) is 2.82. The number of hydrogen-bond acceptors (Lipinski definition) is 5. The third kappa shape index (κ3) is 5.85. The van der Waals surface area contributed by atoms with Crippen molar-refractivity contribution in [3.05, 3.63) is 29.8 Å². The van der Waals surface area contributed by atoms with Gasteiger partial charge in [0.1, 0.15) is 6.07 Å². The predicted octanol–water partition coefficient (Wildman–Crippen LogP) is 0.971. The van der Waals surface area contributed by atoms with E-state index in [1.54, 1.807) is 31.4 Å². The molecule has 0 saturated carbocycles. The van der Waals surface area contributed by atoms with Crippen LogP contribution in [0.4, 0.5) is 5.69 Å². The van der Waals surface area contributed by atoms with E-state index in [1.807, 2.05) is 6.07 Å². The van der Waals surface area contributed by atoms with Crippen LogP contribution in [-0.2, 0) is 14.3 Å². The molecule has 2 amide bonds. The van der Waals surface area contributed by atoms with Gasteiger partial charge in [0.15, 0.2) is 0 Å². The Morgan fingerprint density at radius 2 is 2.00 bits per heavy atom. The van der Waals surface area contributed by atoms with Crippen molar-refractivity contribution >= 4 is 17.5 Å². The zero-order chi connectivity index (χ0) is 18.1. The number of rotatable bonds is 6. The molecule has 1 heterocycles. The van der Waals surface area contributed by atoms with Crippen molar-refractivity contribution in [2.24, 2.45) is 5.92 Å². The number of nitrogens with zero attached hydrogens (tertiary/aromatic N) is 2. The Balaban J connectivity index is 1.73. The molecule has 1 aromatic carbocycles. The number of nitrogens with one attached hydrogen (secondary N) is 2. The van der Waals surface area contributed by atoms with Crippen molar-refractivity contribution in [3.63, 3.8) is 0 Å². The van der Waals surface area contributed by atoms with E-state index in [9.17, 15) is 9.59 Å². The molecule has 0 aliphatic carbocycles. The topological polar surface area (TPSA) is 94.5 Å². The maximum absolute atomic E-state index is 12.0. The number of likely N-dealkylation sites (tertiary alicyclic amines) is 1. The Hall–Kier alpha value is -2.43. The first-order chi connectivity index (χ1) is 12.1. The summed E-state index contributed by atoms with van der Waals surface area (Å²) in [6, 6.07) is 8.57. The van der Waals surface area contributed by atoms with Crippen LogP contribution in [-0.4, -0.2) is 56.6 Å². The van der Waals surface area contributed by atoms with Crippen LogP contribution in [0.1, 0.15) is 18.4 Å². The molecule has 0 unspecified atom stereocenters. The second-order valence-corrected chi connectivity index (χ2v) is 6.10. The summed E-state index contributed by atoms with van der Waals surface area (Å²) < 4.78 is 5.08. The normalized spacial score (nSPS) is 15.4. The molecule has 0 atom stereocenters. The number of carbonyl (C=O) groups is 2. The Morgan fingerprint density at radius 3 is 2.68 bits per heavy atom. The van der Waals surface area contributed by atoms with Crippen LogP contribution >= 0.6 is 0 Å². The fourth-order valence-corrected chi connectivity index (χ4v) is 2.82. The zero-order valence-corrected chi connectivity index (χ0v) is 14.5. The second-order valence-electron chi connectivity index (χ2n) is 6.10. The number of carbonyl (C=O) groups excluding carboxylic acids is 2. The summed E-state index contributed by atoms with van der Waals surface area (Å²) >= 11 is 0. The largest absolute Gasteiger partial charge is 0.383 e. The van der Waals surface area contributed by atoms with E-state index in [-0.39, 0.29) is 0 Å². The second kappa shape index (κ2) is 9.77. The molecule has 0 radical (unpaired) electrons. The van der Waals surface area contributed by atoms with E-state index in [0.717, 1.165) is 39.1 Å². The number of anilines is 1. The minimum absolute atomic E-state index is 0.326. The van der Waals surface area contributed by atoms with Gasteiger partial charge in [-0.2, -0.15) is 5.26 Å². The highest BCUT2D eigenvalue weighted by atomic mass is 16.5. The van der Waals surface area contributed by atoms with Crippen LogP contribution in [0, 0.1) is 17.2 Å². The first kappa shape index (κ1) is 18.9. The smallest absolute Gasteiger partial charge is 0.313 e. The monoisotopic (exact) mass is 344 g/mol. The lowest BCUT2D eigenvalue weighted by atomic mass is 9.97. The van der Waals surface area contributed by atoms with Crippen LogP contribution < -0.4 is 10.6 Å². The van der Waals surface area contributed by atoms with Crippen molar-refractivity contribution < 1.29 is 14.3 Å². The molecule has 7 heteroatoms. The molecular formula is C18H24N4O3. The number of hydrogen-bond donors (Lipinski definition) is 2. The van der Waals surface area contributed by atoms with E-state index < -0.39 is 11.8 Å². The Kier molecular flexibility index (Phi) is 7.38. The molecule has 0 aromatic heterocycles. The minimum atomic E-state index is -0.750. The van der Waals surface area contributed by atoms with Gasteiger partial charge in [-0.05, 0) is 44.0 Å². The van der Waals surface area contributed by atoms with Gasteiger partial charge in [0.2, 0.25) is 0 Å². The highest BCUT2D eigenvalue weighted by Gasteiger charge is 2.21. The molecule has 1 aliphatic rings. The SMILES string of the molecule is COCCN1CCC(CNC(=O)C(=O)Nc2ccccc2C#N)CC1. The van der Waals surface area contributed by atoms with Gasteiger partial charge in [-0.25, -0.2) is 0 Å². The van der Waals surface area contributed by atoms with Crippen LogP contribution in [0.5, 0.6) is 0 Å². The molecular weight excluding hydrogens is 320 g/mol. The lowest BCUT2D eigenvalue weighted by Crippen LogP contribution is -2.42. The number of benzene rings is 1. The van der Waals surface area contributed by atoms with E-state index in [2.05, 4.69) is 15.5 Å². The Labute approximate surface area is 147 Å². The van der Waals surface area contributed by atoms with Crippen molar-refractivity contribution in [3.8, 4) is 6.07 Å². The van der Waals surface area contributed by atoms with E-state index >= 15 is 0 Å². The summed E-state index contributed by atoms with van der Waals surface area (Å²) in [6.07, 6.45) is 1.98. The Bertz CT molecular complexity index is 633. The Morgan fingerprint density at radius 1 is 1.28 bits per heavy atom. The number of nitriles is 1. The molecule has 134 valence electrons. The third-order valence-corrected chi connectivity index (χ3v) is 4.37. The van der Waals surface area contributed by atoms with E-state index in [1.165, 1.54) is 0 Å². The van der Waals surface area contributed by atoms with Crippen LogP contribution in [0.3, 0.4) is 0 Å². The molecule has 1 fully saturated rings. The number of piperidine rings is 1. The summed E-state index contributed by atoms with van der Waals surface area (Å²) in [7, 11) is 1.70. The maximum atomic E-state index is 12.0. The standard InChI is InChI=1S/C18H24N4O3/c1-25-11-10-22-8-6-14(7-9-22)13-20-17(23)18(24)21-16-5-3-2-4-15(16)12-19/h2-5,14H,6-11,13H2,1H3,(H,20,23)(H,21,24). The third-order valence-electron chi connectivity index (χ3n) is 4.37. The van der Waals surface area contributed by atoms with Gasteiger partial charge in [-0.15, -0.1) is 0 Å². The molecule has 1 aromatic rings. The number of methoxy groups -OCH3 is 1. The highest BCUT2D eigenvalue weighted by Crippen LogP contribution is 2.16. The predicted molar refractivity (Wildman–Crippen MR) is 93.8 cm³/mol. The number of amides is 2. The van der Waals surface area contributed by atoms with Crippen LogP contribution in [0.15, 0.2) is 24.3 Å². The summed E-state index contributed by atoms with van der Waals surface area (Å²) in [4.78, 5) is 26.3. The van der Waals surface area contributed by atoms with Crippen molar-refractivity contribution in [1.82, 2.24) is 10.2 Å². The van der Waals surface area contributed by atoms with Crippen LogP contribution in [0.25, 0.3) is 0 Å². The number of ether oxygens (including phenoxy) is 1. The molecule has 7 nitrogen and oxygen atoms in total. The average Bonchev–Trinajstić information content (AvgIpc) is 2.65. The lowest BCUT2D eigenvalue weighted by molar-refractivity contribution is -0.136. The minimum Gasteiger partial charge on any atom is -0.383 e. The van der Waals surface area contributed by atoms with Gasteiger partial charge < -0.3 is 20.3 Å².